The van der Waals surface area contributed by atoms with Gasteiger partial charge in [-0.1, -0.05) is 75.4 Å². The second-order valence-electron chi connectivity index (χ2n) is 12.8. The molecule has 1 N–H and O–H groups in total. The Morgan fingerprint density at radius 1 is 0.783 bits per heavy atom. The lowest BCUT2D eigenvalue weighted by Crippen LogP contribution is -2.38. The van der Waals surface area contributed by atoms with Crippen molar-refractivity contribution in [3.8, 4) is 17.2 Å². The van der Waals surface area contributed by atoms with Gasteiger partial charge in [-0.05, 0) is 70.8 Å². The van der Waals surface area contributed by atoms with Gasteiger partial charge in [-0.3, -0.25) is 14.5 Å². The molecule has 2 atom stereocenters. The van der Waals surface area contributed by atoms with Crippen LogP contribution in [0.3, 0.4) is 0 Å². The summed E-state index contributed by atoms with van der Waals surface area (Å²) in [6.45, 7) is 6.59. The van der Waals surface area contributed by atoms with Crippen LogP contribution in [0.2, 0.25) is 0 Å². The lowest BCUT2D eigenvalue weighted by atomic mass is 9.77. The van der Waals surface area contributed by atoms with Crippen LogP contribution in [0.4, 0.5) is 11.4 Å². The number of Topliss-reactive ketones (excluding diaryl/α,β-unsaturated/α-hetero) is 1. The van der Waals surface area contributed by atoms with Crippen molar-refractivity contribution in [1.82, 2.24) is 0 Å². The summed E-state index contributed by atoms with van der Waals surface area (Å²) in [6.07, 6.45) is 0.929. The quantitative estimate of drug-likeness (QED) is 0.235. The molecular weight excluding hydrogens is 576 g/mol. The number of hydrogen-bond donors (Lipinski definition) is 1. The highest BCUT2D eigenvalue weighted by molar-refractivity contribution is 6.12. The Bertz CT molecular complexity index is 1780. The molecule has 4 aromatic rings. The van der Waals surface area contributed by atoms with E-state index in [-0.39, 0.29) is 23.0 Å². The van der Waals surface area contributed by atoms with E-state index in [2.05, 4.69) is 50.4 Å². The fourth-order valence-corrected chi connectivity index (χ4v) is 6.60. The van der Waals surface area contributed by atoms with Gasteiger partial charge in [0.05, 0.1) is 38.7 Å². The van der Waals surface area contributed by atoms with E-state index in [4.69, 9.17) is 14.2 Å². The Balaban J connectivity index is 1.57. The number of methoxy groups -OCH3 is 3. The number of nitrogens with zero attached hydrogens (tertiary/aromatic N) is 1. The molecule has 0 saturated carbocycles. The molecule has 46 heavy (non-hydrogen) atoms. The topological polar surface area (TPSA) is 77.1 Å². The first-order chi connectivity index (χ1) is 22.1. The second-order valence-corrected chi connectivity index (χ2v) is 12.8. The molecule has 2 aliphatic rings. The first kappa shape index (κ1) is 31.0. The van der Waals surface area contributed by atoms with Crippen molar-refractivity contribution >= 4 is 23.1 Å². The van der Waals surface area contributed by atoms with Crippen LogP contribution in [-0.4, -0.2) is 33.0 Å². The Hall–Kier alpha value is -5.04. The first-order valence-corrected chi connectivity index (χ1v) is 15.6. The van der Waals surface area contributed by atoms with Crippen molar-refractivity contribution in [2.24, 2.45) is 0 Å². The van der Waals surface area contributed by atoms with E-state index in [0.717, 1.165) is 16.9 Å². The largest absolute Gasteiger partial charge is 0.493 e. The minimum atomic E-state index is -0.774. The molecule has 0 aromatic heterocycles. The van der Waals surface area contributed by atoms with Gasteiger partial charge in [0.1, 0.15) is 0 Å². The van der Waals surface area contributed by atoms with Crippen LogP contribution in [0.15, 0.2) is 102 Å². The summed E-state index contributed by atoms with van der Waals surface area (Å²) in [4.78, 5) is 30.9. The molecule has 6 rings (SSSR count). The third-order valence-electron chi connectivity index (χ3n) is 8.98. The van der Waals surface area contributed by atoms with Crippen LogP contribution in [0, 0.1) is 0 Å². The summed E-state index contributed by atoms with van der Waals surface area (Å²) in [5, 5.41) is 3.62. The maximum atomic E-state index is 14.6. The maximum absolute atomic E-state index is 14.6. The van der Waals surface area contributed by atoms with Gasteiger partial charge in [-0.25, -0.2) is 0 Å². The van der Waals surface area contributed by atoms with E-state index in [1.54, 1.807) is 38.4 Å². The summed E-state index contributed by atoms with van der Waals surface area (Å²) in [7, 11) is 4.67. The van der Waals surface area contributed by atoms with E-state index >= 15 is 0 Å². The maximum Gasteiger partial charge on any atom is 0.259 e. The average molecular weight is 617 g/mol. The van der Waals surface area contributed by atoms with Gasteiger partial charge in [-0.15, -0.1) is 0 Å². The van der Waals surface area contributed by atoms with Gasteiger partial charge >= 0.3 is 0 Å². The average Bonchev–Trinajstić information content (AvgIpc) is 3.22. The lowest BCUT2D eigenvalue weighted by Gasteiger charge is -2.35. The number of rotatable bonds is 6. The number of benzene rings is 4. The number of carbonyl (C=O) groups excluding carboxylic acids is 2. The van der Waals surface area contributed by atoms with Gasteiger partial charge in [0.2, 0.25) is 5.75 Å². The van der Waals surface area contributed by atoms with Gasteiger partial charge in [0, 0.05) is 23.3 Å². The zero-order valence-electron chi connectivity index (χ0n) is 27.2. The van der Waals surface area contributed by atoms with E-state index in [1.807, 2.05) is 54.6 Å². The highest BCUT2D eigenvalue weighted by Crippen LogP contribution is 2.50. The zero-order valence-corrected chi connectivity index (χ0v) is 27.2. The molecule has 236 valence electrons. The molecule has 0 fully saturated rings. The minimum Gasteiger partial charge on any atom is -0.493 e. The van der Waals surface area contributed by atoms with Crippen LogP contribution in [0.25, 0.3) is 0 Å². The second kappa shape index (κ2) is 12.4. The zero-order chi connectivity index (χ0) is 32.6. The summed E-state index contributed by atoms with van der Waals surface area (Å²) in [6, 6.07) is 28.4. The number of ether oxygens (including phenoxy) is 3. The molecule has 0 spiro atoms. The van der Waals surface area contributed by atoms with Crippen molar-refractivity contribution in [2.75, 3.05) is 31.5 Å². The Morgan fingerprint density at radius 2 is 1.41 bits per heavy atom. The van der Waals surface area contributed by atoms with Crippen LogP contribution >= 0.6 is 0 Å². The Labute approximate surface area is 270 Å². The summed E-state index contributed by atoms with van der Waals surface area (Å²) >= 11 is 0. The molecule has 1 aliphatic carbocycles. The van der Waals surface area contributed by atoms with Gasteiger partial charge in [-0.2, -0.15) is 0 Å². The molecular formula is C39H40N2O5. The summed E-state index contributed by atoms with van der Waals surface area (Å²) < 4.78 is 17.1. The number of allylic oxidation sites excluding steroid dienone is 1. The monoisotopic (exact) mass is 616 g/mol. The van der Waals surface area contributed by atoms with E-state index in [1.165, 1.54) is 5.56 Å². The molecule has 1 heterocycles. The Kier molecular flexibility index (Phi) is 8.34. The number of ketones is 1. The van der Waals surface area contributed by atoms with Crippen molar-refractivity contribution in [1.29, 1.82) is 0 Å². The number of carbonyl (C=O) groups is 2. The van der Waals surface area contributed by atoms with E-state index in [9.17, 15) is 9.59 Å². The van der Waals surface area contributed by atoms with Gasteiger partial charge in [0.25, 0.3) is 5.91 Å². The number of hydrogen-bond acceptors (Lipinski definition) is 6. The molecule has 0 radical (unpaired) electrons. The molecule has 0 unspecified atom stereocenters. The predicted octanol–water partition coefficient (Wildman–Crippen LogP) is 8.22. The molecule has 0 saturated heterocycles. The molecule has 7 heteroatoms. The number of anilines is 2. The van der Waals surface area contributed by atoms with Crippen molar-refractivity contribution in [3.63, 3.8) is 0 Å². The fraction of sp³-hybridized carbons (Fsp3) is 0.282. The van der Waals surface area contributed by atoms with Crippen LogP contribution in [0.1, 0.15) is 72.6 Å². The van der Waals surface area contributed by atoms with Gasteiger partial charge < -0.3 is 19.5 Å². The molecule has 1 aliphatic heterocycles. The van der Waals surface area contributed by atoms with Crippen LogP contribution < -0.4 is 24.4 Å². The summed E-state index contributed by atoms with van der Waals surface area (Å²) in [5.41, 5.74) is 6.37. The number of amides is 1. The van der Waals surface area contributed by atoms with E-state index < -0.39 is 6.04 Å². The standard InChI is InChI=1S/C39H40N2O5/c1-39(2,3)28-18-16-24(17-19-28)26-20-30-35(32(42)21-26)36(27-22-33(44-4)37(46-6)34(23-27)45-5)41(31-15-11-10-14-29(31)40-30)38(43)25-12-8-7-9-13-25/h7-19,22-23,26,36,40H,20-21H2,1-6H3/t26-,36+/m1/s1. The SMILES string of the molecule is COc1cc([C@H]2C3=C(C[C@@H](c4ccc(C(C)(C)C)cc4)CC3=O)Nc3ccccc3N2C(=O)c2ccccc2)cc(OC)c1OC. The third kappa shape index (κ3) is 5.62. The van der Waals surface area contributed by atoms with E-state index in [0.29, 0.717) is 52.5 Å². The third-order valence-corrected chi connectivity index (χ3v) is 8.98. The normalized spacial score (nSPS) is 17.8. The number of nitrogens with one attached hydrogen (secondary N) is 1. The van der Waals surface area contributed by atoms with Crippen LogP contribution in [-0.2, 0) is 10.2 Å². The summed E-state index contributed by atoms with van der Waals surface area (Å²) in [5.74, 6) is 1.06. The van der Waals surface area contributed by atoms with Gasteiger partial charge in [0.15, 0.2) is 17.3 Å². The van der Waals surface area contributed by atoms with Crippen molar-refractivity contribution in [2.45, 2.75) is 51.0 Å². The number of fused-ring (bicyclic) bond motifs is 1. The molecule has 4 aromatic carbocycles. The Morgan fingerprint density at radius 3 is 2.02 bits per heavy atom. The molecule has 0 bridgehead atoms. The highest BCUT2D eigenvalue weighted by Gasteiger charge is 2.42. The van der Waals surface area contributed by atoms with Crippen molar-refractivity contribution in [3.05, 3.63) is 125 Å². The smallest absolute Gasteiger partial charge is 0.259 e. The number of para-hydroxylation sites is 2. The lowest BCUT2D eigenvalue weighted by molar-refractivity contribution is -0.116. The minimum absolute atomic E-state index is 0.0168. The molecule has 1 amide bonds. The van der Waals surface area contributed by atoms with Crippen molar-refractivity contribution < 1.29 is 23.8 Å². The fourth-order valence-electron chi connectivity index (χ4n) is 6.60. The molecule has 7 nitrogen and oxygen atoms in total. The highest BCUT2D eigenvalue weighted by atomic mass is 16.5. The first-order valence-electron chi connectivity index (χ1n) is 15.6. The van der Waals surface area contributed by atoms with Crippen LogP contribution in [0.5, 0.6) is 17.2 Å². The predicted molar refractivity (Wildman–Crippen MR) is 181 cm³/mol.